The molecule has 0 spiro atoms. The second kappa shape index (κ2) is 7.26. The Bertz CT molecular complexity index is 1550. The maximum absolute atomic E-state index is 6.82. The largest absolute Gasteiger partial charge is 0.399 e. The topological polar surface area (TPSA) is 64.1 Å². The van der Waals surface area contributed by atoms with Crippen LogP contribution >= 0.6 is 0 Å². The molecule has 0 aliphatic heterocycles. The molecular weight excluding hydrogens is 390 g/mol. The van der Waals surface area contributed by atoms with Gasteiger partial charge in [0.05, 0.1) is 6.04 Å². The van der Waals surface area contributed by atoms with E-state index in [1.807, 2.05) is 42.5 Å². The van der Waals surface area contributed by atoms with E-state index in [1.54, 1.807) is 0 Å². The van der Waals surface area contributed by atoms with E-state index in [0.29, 0.717) is 0 Å². The van der Waals surface area contributed by atoms with Crippen molar-refractivity contribution in [1.82, 2.24) is 0 Å². The SMILES string of the molecule is Nc1ccc(C(N)c2cc3cccc4ccc5c(Nc6ccccc6)ccc2c5c43)cc1. The van der Waals surface area contributed by atoms with E-state index in [-0.39, 0.29) is 6.04 Å². The van der Waals surface area contributed by atoms with Gasteiger partial charge in [-0.05, 0) is 74.5 Å². The maximum atomic E-state index is 6.82. The third-order valence-corrected chi connectivity index (χ3v) is 6.36. The summed E-state index contributed by atoms with van der Waals surface area (Å²) in [5.41, 5.74) is 17.8. The first kappa shape index (κ1) is 18.7. The maximum Gasteiger partial charge on any atom is 0.0558 e. The number of anilines is 3. The molecule has 0 radical (unpaired) electrons. The van der Waals surface area contributed by atoms with Crippen LogP contribution in [0.25, 0.3) is 32.3 Å². The normalized spacial score (nSPS) is 12.5. The van der Waals surface area contributed by atoms with Gasteiger partial charge in [-0.15, -0.1) is 0 Å². The van der Waals surface area contributed by atoms with Crippen molar-refractivity contribution in [1.29, 1.82) is 0 Å². The smallest absolute Gasteiger partial charge is 0.0558 e. The van der Waals surface area contributed by atoms with Crippen LogP contribution < -0.4 is 16.8 Å². The third kappa shape index (κ3) is 2.95. The van der Waals surface area contributed by atoms with Crippen molar-refractivity contribution in [3.63, 3.8) is 0 Å². The lowest BCUT2D eigenvalue weighted by Crippen LogP contribution is -2.12. The van der Waals surface area contributed by atoms with Crippen LogP contribution in [0.3, 0.4) is 0 Å². The van der Waals surface area contributed by atoms with E-state index < -0.39 is 0 Å². The molecule has 5 N–H and O–H groups in total. The van der Waals surface area contributed by atoms with E-state index in [9.17, 15) is 0 Å². The number of rotatable bonds is 4. The minimum Gasteiger partial charge on any atom is -0.399 e. The van der Waals surface area contributed by atoms with E-state index >= 15 is 0 Å². The quantitative estimate of drug-likeness (QED) is 0.216. The van der Waals surface area contributed by atoms with Crippen LogP contribution in [0.4, 0.5) is 17.1 Å². The van der Waals surface area contributed by atoms with Crippen molar-refractivity contribution in [2.24, 2.45) is 5.73 Å². The summed E-state index contributed by atoms with van der Waals surface area (Å²) < 4.78 is 0. The summed E-state index contributed by atoms with van der Waals surface area (Å²) in [5, 5.41) is 11.0. The Morgan fingerprint density at radius 1 is 0.625 bits per heavy atom. The monoisotopic (exact) mass is 413 g/mol. The van der Waals surface area contributed by atoms with Crippen LogP contribution in [0.15, 0.2) is 103 Å². The summed E-state index contributed by atoms with van der Waals surface area (Å²) in [6.07, 6.45) is 0. The highest BCUT2D eigenvalue weighted by molar-refractivity contribution is 6.26. The average Bonchev–Trinajstić information content (AvgIpc) is 2.84. The molecule has 0 aliphatic carbocycles. The first-order valence-corrected chi connectivity index (χ1v) is 10.8. The molecular formula is C29H23N3. The molecule has 3 heteroatoms. The minimum absolute atomic E-state index is 0.240. The van der Waals surface area contributed by atoms with Crippen molar-refractivity contribution in [2.75, 3.05) is 11.1 Å². The van der Waals surface area contributed by atoms with Gasteiger partial charge in [0, 0.05) is 22.4 Å². The molecule has 154 valence electrons. The van der Waals surface area contributed by atoms with Gasteiger partial charge >= 0.3 is 0 Å². The first-order chi connectivity index (χ1) is 15.7. The van der Waals surface area contributed by atoms with Gasteiger partial charge in [0.2, 0.25) is 0 Å². The molecule has 1 unspecified atom stereocenters. The van der Waals surface area contributed by atoms with Gasteiger partial charge in [-0.1, -0.05) is 66.7 Å². The Labute approximate surface area is 186 Å². The number of hydrogen-bond donors (Lipinski definition) is 3. The molecule has 6 aromatic carbocycles. The molecule has 1 atom stereocenters. The lowest BCUT2D eigenvalue weighted by molar-refractivity contribution is 0.883. The molecule has 0 amide bonds. The molecule has 6 aromatic rings. The fourth-order valence-electron chi connectivity index (χ4n) is 4.78. The summed E-state index contributed by atoms with van der Waals surface area (Å²) >= 11 is 0. The standard InChI is InChI=1S/C29H23N3/c30-21-12-9-19(10-13-21)29(31)25-17-20-6-4-5-18-11-14-24-26(32-22-7-2-1-3-8-22)16-15-23(25)28(24)27(18)20/h1-17,29,32H,30-31H2. The molecule has 32 heavy (non-hydrogen) atoms. The van der Waals surface area contributed by atoms with Crippen molar-refractivity contribution >= 4 is 49.4 Å². The molecule has 6 rings (SSSR count). The van der Waals surface area contributed by atoms with Gasteiger partial charge in [-0.2, -0.15) is 0 Å². The molecule has 0 bridgehead atoms. The second-order valence-corrected chi connectivity index (χ2v) is 8.33. The molecule has 0 fully saturated rings. The van der Waals surface area contributed by atoms with E-state index in [1.165, 1.54) is 32.3 Å². The Morgan fingerprint density at radius 2 is 1.38 bits per heavy atom. The Balaban J connectivity index is 1.62. The van der Waals surface area contributed by atoms with Gasteiger partial charge in [0.25, 0.3) is 0 Å². The van der Waals surface area contributed by atoms with E-state index in [0.717, 1.165) is 28.2 Å². The molecule has 0 saturated carbocycles. The minimum atomic E-state index is -0.240. The van der Waals surface area contributed by atoms with Crippen LogP contribution in [0, 0.1) is 0 Å². The summed E-state index contributed by atoms with van der Waals surface area (Å²) in [4.78, 5) is 0. The van der Waals surface area contributed by atoms with Crippen molar-refractivity contribution in [3.8, 4) is 0 Å². The van der Waals surface area contributed by atoms with Crippen LogP contribution in [0.1, 0.15) is 17.2 Å². The lowest BCUT2D eigenvalue weighted by atomic mass is 9.87. The number of nitrogens with one attached hydrogen (secondary N) is 1. The van der Waals surface area contributed by atoms with Crippen molar-refractivity contribution < 1.29 is 0 Å². The van der Waals surface area contributed by atoms with Gasteiger partial charge in [0.15, 0.2) is 0 Å². The average molecular weight is 414 g/mol. The van der Waals surface area contributed by atoms with Crippen molar-refractivity contribution in [3.05, 3.63) is 114 Å². The number of nitrogen functional groups attached to an aromatic ring is 1. The van der Waals surface area contributed by atoms with Crippen molar-refractivity contribution in [2.45, 2.75) is 6.04 Å². The zero-order chi connectivity index (χ0) is 21.7. The fourth-order valence-corrected chi connectivity index (χ4v) is 4.78. The zero-order valence-electron chi connectivity index (χ0n) is 17.5. The molecule has 0 aromatic heterocycles. The summed E-state index contributed by atoms with van der Waals surface area (Å²) in [6.45, 7) is 0. The number of benzene rings is 6. The van der Waals surface area contributed by atoms with Crippen LogP contribution in [0.2, 0.25) is 0 Å². The molecule has 0 aliphatic rings. The highest BCUT2D eigenvalue weighted by atomic mass is 14.9. The summed E-state index contributed by atoms with van der Waals surface area (Å²) in [6, 6.07) is 35.4. The highest BCUT2D eigenvalue weighted by Gasteiger charge is 2.18. The van der Waals surface area contributed by atoms with Gasteiger partial charge < -0.3 is 16.8 Å². The van der Waals surface area contributed by atoms with Gasteiger partial charge in [0.1, 0.15) is 0 Å². The second-order valence-electron chi connectivity index (χ2n) is 8.33. The summed E-state index contributed by atoms with van der Waals surface area (Å²) in [5.74, 6) is 0. The van der Waals surface area contributed by atoms with Gasteiger partial charge in [-0.25, -0.2) is 0 Å². The molecule has 0 saturated heterocycles. The zero-order valence-corrected chi connectivity index (χ0v) is 17.5. The number of nitrogens with two attached hydrogens (primary N) is 2. The third-order valence-electron chi connectivity index (χ3n) is 6.36. The predicted octanol–water partition coefficient (Wildman–Crippen LogP) is 6.96. The fraction of sp³-hybridized carbons (Fsp3) is 0.0345. The lowest BCUT2D eigenvalue weighted by Gasteiger charge is -2.21. The van der Waals surface area contributed by atoms with Crippen LogP contribution in [-0.4, -0.2) is 0 Å². The predicted molar refractivity (Wildman–Crippen MR) is 137 cm³/mol. The Hall–Kier alpha value is -4.08. The van der Waals surface area contributed by atoms with Crippen LogP contribution in [0.5, 0.6) is 0 Å². The molecule has 0 heterocycles. The van der Waals surface area contributed by atoms with E-state index in [2.05, 4.69) is 66.0 Å². The number of para-hydroxylation sites is 1. The van der Waals surface area contributed by atoms with Gasteiger partial charge in [-0.3, -0.25) is 0 Å². The van der Waals surface area contributed by atoms with Crippen LogP contribution in [-0.2, 0) is 0 Å². The number of hydrogen-bond acceptors (Lipinski definition) is 3. The Morgan fingerprint density at radius 3 is 2.19 bits per heavy atom. The molecule has 3 nitrogen and oxygen atoms in total. The van der Waals surface area contributed by atoms with E-state index in [4.69, 9.17) is 11.5 Å². The Kier molecular flexibility index (Phi) is 4.23. The first-order valence-electron chi connectivity index (χ1n) is 10.8. The highest BCUT2D eigenvalue weighted by Crippen LogP contribution is 2.42. The summed E-state index contributed by atoms with van der Waals surface area (Å²) in [7, 11) is 0.